The van der Waals surface area contributed by atoms with Gasteiger partial charge in [0, 0.05) is 51.3 Å². The second-order valence-corrected chi connectivity index (χ2v) is 20.7. The van der Waals surface area contributed by atoms with Crippen LogP contribution in [-0.2, 0) is 47.5 Å². The highest BCUT2D eigenvalue weighted by Gasteiger charge is 2.83. The zero-order valence-electron chi connectivity index (χ0n) is 40.4. The summed E-state index contributed by atoms with van der Waals surface area (Å²) in [6.07, 6.45) is -7.58. The second-order valence-electron chi connectivity index (χ2n) is 20.7. The Bertz CT molecular complexity index is 2220. The molecule has 16 nitrogen and oxygen atoms in total. The molecule has 2 heterocycles. The lowest BCUT2D eigenvalue weighted by molar-refractivity contribution is -0.381. The number of hydrogen-bond donors (Lipinski definition) is 3. The van der Waals surface area contributed by atoms with Gasteiger partial charge in [-0.25, -0.2) is 14.4 Å². The van der Waals surface area contributed by atoms with E-state index in [4.69, 9.17) is 33.2 Å². The van der Waals surface area contributed by atoms with Gasteiger partial charge in [-0.2, -0.15) is 0 Å². The number of alkyl carbamates (subject to hydrolysis) is 1. The maximum Gasteiger partial charge on any atom is 0.408 e. The van der Waals surface area contributed by atoms with E-state index in [1.54, 1.807) is 116 Å². The lowest BCUT2D eigenvalue weighted by Crippen LogP contribution is -2.86. The number of nitrogens with one attached hydrogen (secondary N) is 1. The molecule has 2 aromatic carbocycles. The van der Waals surface area contributed by atoms with E-state index in [-0.39, 0.29) is 30.8 Å². The normalized spacial score (nSPS) is 33.6. The molecule has 2 bridgehead atoms. The maximum atomic E-state index is 16.5. The molecule has 0 radical (unpaired) electrons. The van der Waals surface area contributed by atoms with Gasteiger partial charge in [0.15, 0.2) is 11.7 Å². The molecule has 0 aromatic heterocycles. The van der Waals surface area contributed by atoms with E-state index in [0.717, 1.165) is 0 Å². The SMILES string of the molecule is CO[C@H]1C[C@H]2OC[C@@]2(OC(C)=O)[C@@]2(C)[C@H](OC(=O)c3ccccc3)[C@]3(O)C[C@H](OC(=O)[C@H](O)[C@@H](NC(=O)OC(C)(C)C)c4ccccc4)C(C)=C([C@@H](CCN4CCOCC4)C(=O)[C@]12C)C3(C)C. The number of hydrogen-bond acceptors (Lipinski definition) is 15. The summed E-state index contributed by atoms with van der Waals surface area (Å²) in [5, 5.41) is 28.8. The molecule has 2 saturated heterocycles. The first-order valence-electron chi connectivity index (χ1n) is 23.3. The molecule has 5 aliphatic rings. The molecule has 3 N–H and O–H groups in total. The van der Waals surface area contributed by atoms with E-state index in [2.05, 4.69) is 10.2 Å². The molecule has 2 aromatic rings. The summed E-state index contributed by atoms with van der Waals surface area (Å²) < 4.78 is 43.1. The van der Waals surface area contributed by atoms with Crippen LogP contribution in [0.2, 0.25) is 0 Å². The van der Waals surface area contributed by atoms with Gasteiger partial charge in [0.2, 0.25) is 0 Å². The molecule has 1 amide bonds. The molecule has 16 heteroatoms. The van der Waals surface area contributed by atoms with Crippen LogP contribution in [0.15, 0.2) is 71.8 Å². The topological polar surface area (TPSA) is 206 Å². The fourth-order valence-corrected chi connectivity index (χ4v) is 12.0. The molecule has 366 valence electrons. The van der Waals surface area contributed by atoms with Crippen molar-refractivity contribution in [3.05, 3.63) is 82.9 Å². The Kier molecular flexibility index (Phi) is 14.0. The monoisotopic (exact) mass is 932 g/mol. The van der Waals surface area contributed by atoms with Crippen molar-refractivity contribution in [3.8, 4) is 0 Å². The lowest BCUT2D eigenvalue weighted by atomic mass is 9.37. The Labute approximate surface area is 393 Å². The Morgan fingerprint density at radius 2 is 1.58 bits per heavy atom. The highest BCUT2D eigenvalue weighted by atomic mass is 16.6. The van der Waals surface area contributed by atoms with Crippen LogP contribution in [0.25, 0.3) is 0 Å². The number of esters is 3. The average molecular weight is 933 g/mol. The van der Waals surface area contributed by atoms with Gasteiger partial charge in [-0.1, -0.05) is 69.3 Å². The number of ether oxygens (including phenoxy) is 7. The number of morpholine rings is 1. The van der Waals surface area contributed by atoms with Crippen LogP contribution >= 0.6 is 0 Å². The van der Waals surface area contributed by atoms with Crippen molar-refractivity contribution >= 4 is 29.8 Å². The molecule has 7 rings (SSSR count). The summed E-state index contributed by atoms with van der Waals surface area (Å²) >= 11 is 0. The van der Waals surface area contributed by atoms with Crippen molar-refractivity contribution in [2.45, 2.75) is 135 Å². The quantitative estimate of drug-likeness (QED) is 0.141. The van der Waals surface area contributed by atoms with Crippen molar-refractivity contribution < 1.29 is 67.3 Å². The summed E-state index contributed by atoms with van der Waals surface area (Å²) in [6.45, 7) is 17.7. The minimum absolute atomic E-state index is 0.148. The highest BCUT2D eigenvalue weighted by molar-refractivity contribution is 5.93. The molecular weight excluding hydrogens is 865 g/mol. The Morgan fingerprint density at radius 1 is 0.955 bits per heavy atom. The minimum Gasteiger partial charge on any atom is -0.456 e. The Hall–Kier alpha value is -4.71. The van der Waals surface area contributed by atoms with Crippen molar-refractivity contribution in [1.82, 2.24) is 10.2 Å². The van der Waals surface area contributed by atoms with Crippen LogP contribution in [0.5, 0.6) is 0 Å². The predicted octanol–water partition coefficient (Wildman–Crippen LogP) is 5.28. The van der Waals surface area contributed by atoms with Crippen LogP contribution < -0.4 is 5.32 Å². The van der Waals surface area contributed by atoms with E-state index in [1.807, 2.05) is 0 Å². The molecule has 67 heavy (non-hydrogen) atoms. The smallest absolute Gasteiger partial charge is 0.408 e. The van der Waals surface area contributed by atoms with E-state index in [1.165, 1.54) is 14.0 Å². The Morgan fingerprint density at radius 3 is 2.15 bits per heavy atom. The van der Waals surface area contributed by atoms with Gasteiger partial charge < -0.3 is 48.7 Å². The minimum atomic E-state index is -2.22. The van der Waals surface area contributed by atoms with E-state index < -0.39 is 106 Å². The third-order valence-electron chi connectivity index (χ3n) is 15.7. The molecule has 0 spiro atoms. The third-order valence-corrected chi connectivity index (χ3v) is 15.7. The Balaban J connectivity index is 1.43. The van der Waals surface area contributed by atoms with Gasteiger partial charge in [0.05, 0.1) is 48.4 Å². The molecule has 0 unspecified atom stereocenters. The molecule has 3 aliphatic carbocycles. The van der Waals surface area contributed by atoms with Crippen LogP contribution in [0.3, 0.4) is 0 Å². The van der Waals surface area contributed by atoms with Crippen molar-refractivity contribution in [3.63, 3.8) is 0 Å². The summed E-state index contributed by atoms with van der Waals surface area (Å²) in [6, 6.07) is 15.3. The molecule has 2 aliphatic heterocycles. The number of aliphatic hydroxyl groups excluding tert-OH is 1. The van der Waals surface area contributed by atoms with Crippen LogP contribution in [0.4, 0.5) is 4.79 Å². The van der Waals surface area contributed by atoms with Crippen LogP contribution in [0.1, 0.15) is 104 Å². The van der Waals surface area contributed by atoms with Crippen LogP contribution in [0, 0.1) is 22.2 Å². The van der Waals surface area contributed by atoms with Crippen molar-refractivity contribution in [1.29, 1.82) is 0 Å². The summed E-state index contributed by atoms with van der Waals surface area (Å²) in [7, 11) is 1.50. The summed E-state index contributed by atoms with van der Waals surface area (Å²) in [5.41, 5.74) is -8.11. The first-order chi connectivity index (χ1) is 31.5. The number of carbonyl (C=O) groups is 5. The number of rotatable bonds is 12. The fraction of sp³-hybridized carbons (Fsp3) is 0.627. The molecule has 2 saturated carbocycles. The number of amides is 1. The summed E-state index contributed by atoms with van der Waals surface area (Å²) in [5.74, 6) is -3.88. The number of benzene rings is 2. The predicted molar refractivity (Wildman–Crippen MR) is 242 cm³/mol. The standard InChI is InChI=1S/C51H68N2O14/c1-30-35(64-43(58)40(55)39(32-17-13-11-14-18-32)52-45(59)67-46(3,4)5)28-50(60)44(65-42(57)33-19-15-12-16-20-33)49(9)48(8,36(61-10)27-37-51(49,29-63-37)66-31(2)54)41(56)34(38(30)47(50,6)7)21-22-53-23-25-62-26-24-53/h11-20,34-37,39-40,44,55,60H,21-29H2,1-10H3,(H,52,59)/t34-,35+,36+,37-,39+,40-,44+,48+,49+,50-,51+/m1/s1. The van der Waals surface area contributed by atoms with Gasteiger partial charge in [-0.05, 0) is 76.4 Å². The van der Waals surface area contributed by atoms with E-state index in [9.17, 15) is 29.4 Å². The maximum absolute atomic E-state index is 16.5. The molecular formula is C51H68N2O14. The zero-order valence-corrected chi connectivity index (χ0v) is 40.4. The van der Waals surface area contributed by atoms with Gasteiger partial charge in [0.25, 0.3) is 0 Å². The van der Waals surface area contributed by atoms with Crippen molar-refractivity contribution in [2.75, 3.05) is 46.6 Å². The number of fused-ring (bicyclic) bond motifs is 5. The zero-order chi connectivity index (χ0) is 48.9. The number of carbonyl (C=O) groups excluding carboxylic acids is 5. The first kappa shape index (κ1) is 50.2. The average Bonchev–Trinajstić information content (AvgIpc) is 3.27. The summed E-state index contributed by atoms with van der Waals surface area (Å²) in [4.78, 5) is 74.5. The number of methoxy groups -OCH3 is 1. The largest absolute Gasteiger partial charge is 0.456 e. The number of aliphatic hydroxyl groups is 2. The van der Waals surface area contributed by atoms with Gasteiger partial charge in [0.1, 0.15) is 35.3 Å². The highest BCUT2D eigenvalue weighted by Crippen LogP contribution is 2.71. The van der Waals surface area contributed by atoms with Gasteiger partial charge >= 0.3 is 24.0 Å². The van der Waals surface area contributed by atoms with E-state index in [0.29, 0.717) is 49.6 Å². The van der Waals surface area contributed by atoms with Crippen molar-refractivity contribution in [2.24, 2.45) is 22.2 Å². The number of Topliss-reactive ketones (excluding diaryl/α,β-unsaturated/α-hetero) is 1. The number of ketones is 1. The second kappa shape index (κ2) is 18.7. The van der Waals surface area contributed by atoms with Crippen LogP contribution in [-0.4, -0.2) is 139 Å². The fourth-order valence-electron chi connectivity index (χ4n) is 12.0. The van der Waals surface area contributed by atoms with Gasteiger partial charge in [-0.3, -0.25) is 14.5 Å². The van der Waals surface area contributed by atoms with Gasteiger partial charge in [-0.15, -0.1) is 0 Å². The molecule has 4 fully saturated rings. The first-order valence-corrected chi connectivity index (χ1v) is 23.3. The molecule has 11 atom stereocenters. The lowest BCUT2D eigenvalue weighted by Gasteiger charge is -2.73. The van der Waals surface area contributed by atoms with E-state index >= 15 is 4.79 Å². The third kappa shape index (κ3) is 8.60. The number of nitrogens with zero attached hydrogens (tertiary/aromatic N) is 1.